The zero-order valence-corrected chi connectivity index (χ0v) is 16.3. The van der Waals surface area contributed by atoms with Crippen LogP contribution in [0.3, 0.4) is 0 Å². The molecule has 0 aliphatic carbocycles. The average molecular weight is 368 g/mol. The molecule has 1 aromatic heterocycles. The Hall–Kier alpha value is -2.47. The number of aryl methyl sites for hydroxylation is 3. The van der Waals surface area contributed by atoms with E-state index in [2.05, 4.69) is 21.3 Å². The number of hydrogen-bond donors (Lipinski definition) is 2. The minimum atomic E-state index is -0.229. The van der Waals surface area contributed by atoms with Crippen LogP contribution in [0.2, 0.25) is 0 Å². The fraction of sp³-hybridized carbons (Fsp3) is 0.476. The Morgan fingerprint density at radius 1 is 1.26 bits per heavy atom. The molecule has 27 heavy (non-hydrogen) atoms. The normalized spacial score (nSPS) is 17.8. The number of pyridine rings is 1. The molecule has 0 bridgehead atoms. The number of carbonyl (C=O) groups is 2. The largest absolute Gasteiger partial charge is 0.369 e. The highest BCUT2D eigenvalue weighted by molar-refractivity contribution is 6.07. The lowest BCUT2D eigenvalue weighted by Crippen LogP contribution is -2.44. The number of aromatic nitrogens is 1. The van der Waals surface area contributed by atoms with E-state index in [1.54, 1.807) is 0 Å². The molecule has 144 valence electrons. The molecular formula is C21H28N4O2. The Labute approximate surface area is 160 Å². The van der Waals surface area contributed by atoms with Crippen molar-refractivity contribution in [1.82, 2.24) is 15.2 Å². The van der Waals surface area contributed by atoms with Gasteiger partial charge in [0.1, 0.15) is 0 Å². The monoisotopic (exact) mass is 368 g/mol. The molecule has 0 unspecified atom stereocenters. The fourth-order valence-electron chi connectivity index (χ4n) is 3.91. The van der Waals surface area contributed by atoms with E-state index in [4.69, 9.17) is 5.73 Å². The summed E-state index contributed by atoms with van der Waals surface area (Å²) in [6, 6.07) is 5.95. The van der Waals surface area contributed by atoms with E-state index < -0.39 is 0 Å². The lowest BCUT2D eigenvalue weighted by atomic mass is 9.97. The highest BCUT2D eigenvalue weighted by Gasteiger charge is 2.23. The van der Waals surface area contributed by atoms with Crippen LogP contribution in [0, 0.1) is 26.7 Å². The average Bonchev–Trinajstić information content (AvgIpc) is 2.62. The predicted octanol–water partition coefficient (Wildman–Crippen LogP) is 2.09. The van der Waals surface area contributed by atoms with Crippen LogP contribution < -0.4 is 11.1 Å². The first kappa shape index (κ1) is 19.3. The minimum absolute atomic E-state index is 0.0767. The van der Waals surface area contributed by atoms with E-state index in [1.165, 1.54) is 0 Å². The van der Waals surface area contributed by atoms with E-state index in [1.807, 2.05) is 32.9 Å². The van der Waals surface area contributed by atoms with Gasteiger partial charge in [-0.2, -0.15) is 0 Å². The molecule has 2 amide bonds. The number of likely N-dealkylation sites (tertiary alicyclic amines) is 1. The maximum absolute atomic E-state index is 12.8. The first-order valence-electron chi connectivity index (χ1n) is 9.53. The van der Waals surface area contributed by atoms with Gasteiger partial charge in [0.25, 0.3) is 5.91 Å². The van der Waals surface area contributed by atoms with Gasteiger partial charge in [-0.1, -0.05) is 11.6 Å². The van der Waals surface area contributed by atoms with Crippen LogP contribution in [0.1, 0.15) is 40.0 Å². The highest BCUT2D eigenvalue weighted by Crippen LogP contribution is 2.23. The van der Waals surface area contributed by atoms with Crippen LogP contribution in [0.15, 0.2) is 18.2 Å². The molecule has 6 heteroatoms. The van der Waals surface area contributed by atoms with Crippen LogP contribution >= 0.6 is 0 Å². The summed E-state index contributed by atoms with van der Waals surface area (Å²) in [5.41, 5.74) is 10.0. The molecular weight excluding hydrogens is 340 g/mol. The van der Waals surface area contributed by atoms with Gasteiger partial charge in [0.2, 0.25) is 5.91 Å². The molecule has 3 N–H and O–H groups in total. The first-order chi connectivity index (χ1) is 12.8. The zero-order valence-electron chi connectivity index (χ0n) is 16.3. The van der Waals surface area contributed by atoms with E-state index in [0.717, 1.165) is 53.7 Å². The second-order valence-corrected chi connectivity index (χ2v) is 7.59. The van der Waals surface area contributed by atoms with Crippen molar-refractivity contribution in [3.8, 4) is 0 Å². The summed E-state index contributed by atoms with van der Waals surface area (Å²) in [6.45, 7) is 8.84. The van der Waals surface area contributed by atoms with Crippen LogP contribution in [0.5, 0.6) is 0 Å². The van der Waals surface area contributed by atoms with Crippen LogP contribution in [0.25, 0.3) is 10.9 Å². The van der Waals surface area contributed by atoms with Crippen molar-refractivity contribution >= 4 is 22.7 Å². The number of primary amides is 1. The summed E-state index contributed by atoms with van der Waals surface area (Å²) in [7, 11) is 0. The topological polar surface area (TPSA) is 88.3 Å². The summed E-state index contributed by atoms with van der Waals surface area (Å²) < 4.78 is 0. The van der Waals surface area contributed by atoms with E-state index >= 15 is 0 Å². The molecule has 1 fully saturated rings. The summed E-state index contributed by atoms with van der Waals surface area (Å²) >= 11 is 0. The number of nitrogens with one attached hydrogen (secondary N) is 1. The van der Waals surface area contributed by atoms with Crippen molar-refractivity contribution in [3.63, 3.8) is 0 Å². The number of nitrogens with two attached hydrogens (primary N) is 1. The minimum Gasteiger partial charge on any atom is -0.369 e. The lowest BCUT2D eigenvalue weighted by molar-refractivity contribution is -0.123. The van der Waals surface area contributed by atoms with Gasteiger partial charge in [-0.05, 0) is 57.9 Å². The van der Waals surface area contributed by atoms with Gasteiger partial charge in [-0.25, -0.2) is 0 Å². The van der Waals surface area contributed by atoms with Crippen molar-refractivity contribution in [2.24, 2.45) is 11.7 Å². The lowest BCUT2D eigenvalue weighted by Gasteiger charge is -2.31. The Bertz CT molecular complexity index is 878. The van der Waals surface area contributed by atoms with Crippen LogP contribution in [-0.2, 0) is 4.79 Å². The molecule has 0 spiro atoms. The standard InChI is InChI=1S/C21H28N4O2/c1-13-9-14(2)19-17(10-13)18(11-15(3)24-19)21(27)23-6-8-25-7-4-5-16(12-25)20(22)26/h9-11,16H,4-8,12H2,1-3H3,(H2,22,26)(H,23,27)/t16-/m1/s1. The third kappa shape index (κ3) is 4.45. The van der Waals surface area contributed by atoms with Crippen molar-refractivity contribution in [1.29, 1.82) is 0 Å². The maximum atomic E-state index is 12.8. The number of hydrogen-bond acceptors (Lipinski definition) is 4. The van der Waals surface area contributed by atoms with Crippen molar-refractivity contribution in [2.45, 2.75) is 33.6 Å². The third-order valence-corrected chi connectivity index (χ3v) is 5.24. The fourth-order valence-corrected chi connectivity index (χ4v) is 3.91. The van der Waals surface area contributed by atoms with Crippen LogP contribution in [0.4, 0.5) is 0 Å². The van der Waals surface area contributed by atoms with Gasteiger partial charge in [-0.15, -0.1) is 0 Å². The molecule has 1 atom stereocenters. The quantitative estimate of drug-likeness (QED) is 0.846. The molecule has 0 radical (unpaired) electrons. The maximum Gasteiger partial charge on any atom is 0.252 e. The Morgan fingerprint density at radius 3 is 2.78 bits per heavy atom. The van der Waals surface area contributed by atoms with Gasteiger partial charge in [0.15, 0.2) is 0 Å². The molecule has 1 saturated heterocycles. The summed E-state index contributed by atoms with van der Waals surface area (Å²) in [6.07, 6.45) is 1.83. The molecule has 2 heterocycles. The van der Waals surface area contributed by atoms with E-state index in [9.17, 15) is 9.59 Å². The van der Waals surface area contributed by atoms with Crippen molar-refractivity contribution in [2.75, 3.05) is 26.2 Å². The molecule has 3 rings (SSSR count). The SMILES string of the molecule is Cc1cc(C)c2nc(C)cc(C(=O)NCCN3CCC[C@@H](C(N)=O)C3)c2c1. The molecule has 0 saturated carbocycles. The van der Waals surface area contributed by atoms with Gasteiger partial charge >= 0.3 is 0 Å². The van der Waals surface area contributed by atoms with Gasteiger partial charge in [0, 0.05) is 30.7 Å². The van der Waals surface area contributed by atoms with Gasteiger partial charge in [-0.3, -0.25) is 14.6 Å². The Balaban J connectivity index is 1.69. The van der Waals surface area contributed by atoms with Crippen LogP contribution in [-0.4, -0.2) is 47.9 Å². The number of carbonyl (C=O) groups excluding carboxylic acids is 2. The zero-order chi connectivity index (χ0) is 19.6. The number of amides is 2. The first-order valence-corrected chi connectivity index (χ1v) is 9.53. The molecule has 6 nitrogen and oxygen atoms in total. The van der Waals surface area contributed by atoms with E-state index in [0.29, 0.717) is 18.7 Å². The summed E-state index contributed by atoms with van der Waals surface area (Å²) in [5.74, 6) is -0.389. The van der Waals surface area contributed by atoms with Crippen molar-refractivity contribution < 1.29 is 9.59 Å². The van der Waals surface area contributed by atoms with Crippen molar-refractivity contribution in [3.05, 3.63) is 40.6 Å². The molecule has 2 aromatic rings. The van der Waals surface area contributed by atoms with Gasteiger partial charge in [0.05, 0.1) is 17.0 Å². The number of fused-ring (bicyclic) bond motifs is 1. The second-order valence-electron chi connectivity index (χ2n) is 7.59. The number of benzene rings is 1. The van der Waals surface area contributed by atoms with Gasteiger partial charge < -0.3 is 16.0 Å². The number of nitrogens with zero attached hydrogens (tertiary/aromatic N) is 2. The highest BCUT2D eigenvalue weighted by atomic mass is 16.2. The number of rotatable bonds is 5. The predicted molar refractivity (Wildman–Crippen MR) is 107 cm³/mol. The van der Waals surface area contributed by atoms with E-state index in [-0.39, 0.29) is 17.7 Å². The second kappa shape index (κ2) is 8.05. The molecule has 1 aromatic carbocycles. The summed E-state index contributed by atoms with van der Waals surface area (Å²) in [4.78, 5) is 31.0. The number of piperidine rings is 1. The molecule has 1 aliphatic rings. The smallest absolute Gasteiger partial charge is 0.252 e. The third-order valence-electron chi connectivity index (χ3n) is 5.24. The summed E-state index contributed by atoms with van der Waals surface area (Å²) in [5, 5.41) is 3.92. The Morgan fingerprint density at radius 2 is 2.04 bits per heavy atom. The molecule has 1 aliphatic heterocycles. The Kier molecular flexibility index (Phi) is 5.75.